The van der Waals surface area contributed by atoms with Gasteiger partial charge in [0.05, 0.1) is 13.2 Å². The van der Waals surface area contributed by atoms with Crippen LogP contribution in [0.15, 0.2) is 40.2 Å². The van der Waals surface area contributed by atoms with E-state index in [1.165, 1.54) is 18.0 Å². The number of rotatable bonds is 6. The molecule has 1 aromatic rings. The number of amides is 3. The third kappa shape index (κ3) is 3.69. The number of nitrogens with zero attached hydrogens (tertiary/aromatic N) is 2. The first-order valence-electron chi connectivity index (χ1n) is 6.40. The molecule has 2 rings (SSSR count). The summed E-state index contributed by atoms with van der Waals surface area (Å²) in [5, 5.41) is 8.68. The number of aliphatic hydroxyl groups is 1. The lowest BCUT2D eigenvalue weighted by atomic mass is 10.1. The lowest BCUT2D eigenvalue weighted by Gasteiger charge is -2.32. The van der Waals surface area contributed by atoms with Crippen LogP contribution in [0.3, 0.4) is 0 Å². The van der Waals surface area contributed by atoms with Crippen molar-refractivity contribution in [1.29, 1.82) is 0 Å². The lowest BCUT2D eigenvalue weighted by Crippen LogP contribution is -2.52. The molecule has 0 fully saturated rings. The first-order chi connectivity index (χ1) is 10.1. The Kier molecular flexibility index (Phi) is 5.11. The van der Waals surface area contributed by atoms with Crippen LogP contribution in [-0.4, -0.2) is 52.9 Å². The highest BCUT2D eigenvalue weighted by Crippen LogP contribution is 2.34. The van der Waals surface area contributed by atoms with E-state index in [9.17, 15) is 9.59 Å². The van der Waals surface area contributed by atoms with Crippen LogP contribution in [-0.2, 0) is 9.53 Å². The minimum Gasteiger partial charge on any atom is -0.394 e. The number of imide groups is 1. The summed E-state index contributed by atoms with van der Waals surface area (Å²) in [5.41, 5.74) is 0. The van der Waals surface area contributed by atoms with Crippen molar-refractivity contribution >= 4 is 29.9 Å². The molecule has 1 aliphatic rings. The Balaban J connectivity index is 2.14. The minimum absolute atomic E-state index is 0.0588. The highest BCUT2D eigenvalue weighted by molar-refractivity contribution is 8.02. The normalized spacial score (nSPS) is 21.9. The Morgan fingerprint density at radius 3 is 2.71 bits per heavy atom. The number of carbonyl (C=O) groups excluding carboxylic acids is 2. The smallest absolute Gasteiger partial charge is 0.351 e. The molecule has 7 heteroatoms. The third-order valence-electron chi connectivity index (χ3n) is 2.85. The van der Waals surface area contributed by atoms with Crippen LogP contribution < -0.4 is 0 Å². The topological polar surface area (TPSA) is 79.2 Å². The number of carbonyl (C=O) groups is 2. The summed E-state index contributed by atoms with van der Waals surface area (Å²) in [6.45, 7) is 1.39. The van der Waals surface area contributed by atoms with Gasteiger partial charge in [-0.3, -0.25) is 4.79 Å². The van der Waals surface area contributed by atoms with E-state index in [0.29, 0.717) is 0 Å². The van der Waals surface area contributed by atoms with Gasteiger partial charge in [-0.1, -0.05) is 18.2 Å². The molecule has 1 aliphatic heterocycles. The van der Waals surface area contributed by atoms with Gasteiger partial charge in [0.25, 0.3) is 5.91 Å². The summed E-state index contributed by atoms with van der Waals surface area (Å²) in [5.74, 6) is -0.380. The third-order valence-corrected chi connectivity index (χ3v) is 4.06. The van der Waals surface area contributed by atoms with E-state index in [2.05, 4.69) is 4.99 Å². The molecule has 0 spiro atoms. The van der Waals surface area contributed by atoms with Gasteiger partial charge < -0.3 is 9.84 Å². The van der Waals surface area contributed by atoms with Crippen LogP contribution in [0.25, 0.3) is 0 Å². The SMILES string of the molecule is CC1(Sc2ccccc2)C=NC(=O)N(COCCO)C1=O. The van der Waals surface area contributed by atoms with Gasteiger partial charge in [-0.25, -0.2) is 14.7 Å². The molecule has 0 saturated heterocycles. The van der Waals surface area contributed by atoms with E-state index in [-0.39, 0.29) is 25.9 Å². The first-order valence-corrected chi connectivity index (χ1v) is 7.22. The summed E-state index contributed by atoms with van der Waals surface area (Å²) < 4.78 is 4.10. The van der Waals surface area contributed by atoms with Crippen molar-refractivity contribution in [3.8, 4) is 0 Å². The highest BCUT2D eigenvalue weighted by Gasteiger charge is 2.42. The number of benzene rings is 1. The Morgan fingerprint density at radius 1 is 1.33 bits per heavy atom. The van der Waals surface area contributed by atoms with Gasteiger partial charge in [-0.05, 0) is 19.1 Å². The molecule has 0 saturated carbocycles. The average Bonchev–Trinajstić information content (AvgIpc) is 2.48. The maximum absolute atomic E-state index is 12.5. The number of thioether (sulfide) groups is 1. The van der Waals surface area contributed by atoms with Gasteiger partial charge in [-0.2, -0.15) is 0 Å². The fourth-order valence-electron chi connectivity index (χ4n) is 1.80. The van der Waals surface area contributed by atoms with Gasteiger partial charge >= 0.3 is 6.03 Å². The summed E-state index contributed by atoms with van der Waals surface area (Å²) in [7, 11) is 0. The fraction of sp³-hybridized carbons (Fsp3) is 0.357. The number of ether oxygens (including phenoxy) is 1. The largest absolute Gasteiger partial charge is 0.394 e. The summed E-state index contributed by atoms with van der Waals surface area (Å²) in [4.78, 5) is 29.8. The van der Waals surface area contributed by atoms with Crippen molar-refractivity contribution in [2.45, 2.75) is 16.6 Å². The van der Waals surface area contributed by atoms with E-state index < -0.39 is 10.8 Å². The number of hydrogen-bond acceptors (Lipinski definition) is 5. The minimum atomic E-state index is -0.960. The number of hydrogen-bond donors (Lipinski definition) is 1. The number of urea groups is 1. The van der Waals surface area contributed by atoms with Crippen LogP contribution in [0.5, 0.6) is 0 Å². The van der Waals surface area contributed by atoms with Gasteiger partial charge in [0.15, 0.2) is 0 Å². The molecule has 1 N–H and O–H groups in total. The fourth-order valence-corrected chi connectivity index (χ4v) is 2.88. The van der Waals surface area contributed by atoms with E-state index in [1.54, 1.807) is 6.92 Å². The van der Waals surface area contributed by atoms with Crippen molar-refractivity contribution in [2.75, 3.05) is 19.9 Å². The molecule has 3 amide bonds. The summed E-state index contributed by atoms with van der Waals surface area (Å²) in [6, 6.07) is 8.78. The quantitative estimate of drug-likeness (QED) is 0.806. The Hall–Kier alpha value is -1.70. The zero-order valence-corrected chi connectivity index (χ0v) is 12.4. The van der Waals surface area contributed by atoms with Gasteiger partial charge in [0, 0.05) is 11.1 Å². The van der Waals surface area contributed by atoms with Crippen molar-refractivity contribution in [3.05, 3.63) is 30.3 Å². The molecule has 21 heavy (non-hydrogen) atoms. The molecule has 0 bridgehead atoms. The van der Waals surface area contributed by atoms with Crippen LogP contribution >= 0.6 is 11.8 Å². The molecular formula is C14H16N2O4S. The lowest BCUT2D eigenvalue weighted by molar-refractivity contribution is -0.133. The van der Waals surface area contributed by atoms with Crippen LogP contribution in [0, 0.1) is 0 Å². The monoisotopic (exact) mass is 308 g/mol. The standard InChI is InChI=1S/C14H16N2O4S/c1-14(21-11-5-3-2-4-6-11)9-15-13(19)16(12(14)18)10-20-8-7-17/h2-6,9,17H,7-8,10H2,1H3. The van der Waals surface area contributed by atoms with Gasteiger partial charge in [0.2, 0.25) is 0 Å². The second kappa shape index (κ2) is 6.84. The van der Waals surface area contributed by atoms with E-state index in [4.69, 9.17) is 9.84 Å². The molecule has 1 aromatic carbocycles. The zero-order valence-electron chi connectivity index (χ0n) is 11.6. The first kappa shape index (κ1) is 15.7. The second-order valence-electron chi connectivity index (χ2n) is 4.56. The predicted octanol–water partition coefficient (Wildman–Crippen LogP) is 1.54. The van der Waals surface area contributed by atoms with Crippen LogP contribution in [0.2, 0.25) is 0 Å². The van der Waals surface area contributed by atoms with E-state index >= 15 is 0 Å². The molecule has 112 valence electrons. The van der Waals surface area contributed by atoms with Crippen molar-refractivity contribution in [3.63, 3.8) is 0 Å². The number of aliphatic imine (C=N–C) groups is 1. The molecular weight excluding hydrogens is 292 g/mol. The maximum atomic E-state index is 12.5. The van der Waals surface area contributed by atoms with Gasteiger partial charge in [-0.15, -0.1) is 11.8 Å². The zero-order chi connectivity index (χ0) is 15.3. The van der Waals surface area contributed by atoms with Crippen molar-refractivity contribution in [1.82, 2.24) is 4.90 Å². The molecule has 6 nitrogen and oxygen atoms in total. The molecule has 0 aliphatic carbocycles. The highest BCUT2D eigenvalue weighted by atomic mass is 32.2. The Labute approximate surface area is 126 Å². The molecule has 1 unspecified atom stereocenters. The summed E-state index contributed by atoms with van der Waals surface area (Å²) in [6.07, 6.45) is 1.37. The van der Waals surface area contributed by atoms with Crippen LogP contribution in [0.1, 0.15) is 6.92 Å². The van der Waals surface area contributed by atoms with Gasteiger partial charge in [0.1, 0.15) is 11.5 Å². The molecule has 0 radical (unpaired) electrons. The second-order valence-corrected chi connectivity index (χ2v) is 6.08. The molecule has 1 heterocycles. The van der Waals surface area contributed by atoms with E-state index in [0.717, 1.165) is 9.80 Å². The maximum Gasteiger partial charge on any atom is 0.351 e. The van der Waals surface area contributed by atoms with Crippen LogP contribution in [0.4, 0.5) is 4.79 Å². The number of aliphatic hydroxyl groups excluding tert-OH is 1. The van der Waals surface area contributed by atoms with Crippen molar-refractivity contribution < 1.29 is 19.4 Å². The Bertz CT molecular complexity index is 549. The van der Waals surface area contributed by atoms with Crippen molar-refractivity contribution in [2.24, 2.45) is 4.99 Å². The summed E-state index contributed by atoms with van der Waals surface area (Å²) >= 11 is 1.32. The molecule has 0 aromatic heterocycles. The van der Waals surface area contributed by atoms with E-state index in [1.807, 2.05) is 30.3 Å². The average molecular weight is 308 g/mol. The Morgan fingerprint density at radius 2 is 2.05 bits per heavy atom. The molecule has 1 atom stereocenters. The predicted molar refractivity (Wildman–Crippen MR) is 79.3 cm³/mol.